The highest BCUT2D eigenvalue weighted by molar-refractivity contribution is 5.76. The van der Waals surface area contributed by atoms with Crippen molar-refractivity contribution < 1.29 is 4.79 Å². The highest BCUT2D eigenvalue weighted by atomic mass is 16.1. The van der Waals surface area contributed by atoms with Crippen molar-refractivity contribution in [3.05, 3.63) is 12.7 Å². The Morgan fingerprint density at radius 3 is 3.08 bits per heavy atom. The molecular formula is C11H19NO. The maximum Gasteiger partial charge on any atom is 0.131 e. The molecule has 0 aromatic carbocycles. The van der Waals surface area contributed by atoms with Gasteiger partial charge in [0.2, 0.25) is 0 Å². The number of likely N-dealkylation sites (tertiary alicyclic amines) is 1. The molecule has 1 fully saturated rings. The van der Waals surface area contributed by atoms with E-state index in [-0.39, 0.29) is 0 Å². The molecule has 0 radical (unpaired) electrons. The van der Waals surface area contributed by atoms with Gasteiger partial charge >= 0.3 is 0 Å². The van der Waals surface area contributed by atoms with E-state index >= 15 is 0 Å². The topological polar surface area (TPSA) is 20.3 Å². The van der Waals surface area contributed by atoms with Crippen molar-refractivity contribution in [3.8, 4) is 0 Å². The van der Waals surface area contributed by atoms with Crippen LogP contribution in [0.4, 0.5) is 0 Å². The Kier molecular flexibility index (Phi) is 4.16. The van der Waals surface area contributed by atoms with Crippen LogP contribution in [0.5, 0.6) is 0 Å². The highest BCUT2D eigenvalue weighted by Gasteiger charge is 2.24. The summed E-state index contributed by atoms with van der Waals surface area (Å²) >= 11 is 0. The number of rotatable bonds is 5. The van der Waals surface area contributed by atoms with Gasteiger partial charge in [0.1, 0.15) is 5.78 Å². The van der Waals surface area contributed by atoms with Crippen molar-refractivity contribution in [2.45, 2.75) is 38.6 Å². The number of hydrogen-bond acceptors (Lipinski definition) is 2. The van der Waals surface area contributed by atoms with Crippen LogP contribution in [0.2, 0.25) is 0 Å². The van der Waals surface area contributed by atoms with Crippen molar-refractivity contribution in [3.63, 3.8) is 0 Å². The van der Waals surface area contributed by atoms with Gasteiger partial charge in [-0.25, -0.2) is 0 Å². The van der Waals surface area contributed by atoms with Gasteiger partial charge in [0, 0.05) is 19.0 Å². The number of ketones is 1. The molecule has 74 valence electrons. The molecule has 0 amide bonds. The zero-order valence-electron chi connectivity index (χ0n) is 8.46. The van der Waals surface area contributed by atoms with Crippen LogP contribution in [0.15, 0.2) is 12.7 Å². The fourth-order valence-corrected chi connectivity index (χ4v) is 2.01. The van der Waals surface area contributed by atoms with E-state index in [0.29, 0.717) is 11.8 Å². The minimum atomic E-state index is 0.315. The molecular weight excluding hydrogens is 162 g/mol. The lowest BCUT2D eigenvalue weighted by molar-refractivity contribution is -0.118. The third-order valence-electron chi connectivity index (χ3n) is 2.64. The molecule has 1 unspecified atom stereocenters. The molecule has 0 aromatic rings. The van der Waals surface area contributed by atoms with Crippen molar-refractivity contribution in [2.24, 2.45) is 0 Å². The Balaban J connectivity index is 2.34. The van der Waals surface area contributed by atoms with Crippen LogP contribution in [0.25, 0.3) is 0 Å². The second-order valence-electron chi connectivity index (χ2n) is 3.82. The second kappa shape index (κ2) is 5.18. The third-order valence-corrected chi connectivity index (χ3v) is 2.64. The SMILES string of the molecule is C=CCCN1CCCC1CC(C)=O. The lowest BCUT2D eigenvalue weighted by Gasteiger charge is -2.22. The fraction of sp³-hybridized carbons (Fsp3) is 0.727. The first-order valence-corrected chi connectivity index (χ1v) is 5.08. The van der Waals surface area contributed by atoms with Crippen molar-refractivity contribution in [1.29, 1.82) is 0 Å². The van der Waals surface area contributed by atoms with Crippen LogP contribution in [0.3, 0.4) is 0 Å². The van der Waals surface area contributed by atoms with Crippen molar-refractivity contribution >= 4 is 5.78 Å². The van der Waals surface area contributed by atoms with Gasteiger partial charge in [-0.3, -0.25) is 9.69 Å². The van der Waals surface area contributed by atoms with Gasteiger partial charge in [-0.05, 0) is 32.7 Å². The molecule has 13 heavy (non-hydrogen) atoms. The van der Waals surface area contributed by atoms with Crippen LogP contribution < -0.4 is 0 Å². The molecule has 2 nitrogen and oxygen atoms in total. The Labute approximate surface area is 80.6 Å². The van der Waals surface area contributed by atoms with E-state index in [1.165, 1.54) is 12.8 Å². The summed E-state index contributed by atoms with van der Waals surface area (Å²) in [6, 6.07) is 0.512. The van der Waals surface area contributed by atoms with Crippen molar-refractivity contribution in [2.75, 3.05) is 13.1 Å². The predicted octanol–water partition coefficient (Wildman–Crippen LogP) is 2.01. The Morgan fingerprint density at radius 2 is 2.46 bits per heavy atom. The van der Waals surface area contributed by atoms with E-state index in [4.69, 9.17) is 0 Å². The minimum absolute atomic E-state index is 0.315. The quantitative estimate of drug-likeness (QED) is 0.605. The maximum atomic E-state index is 11.0. The molecule has 0 aliphatic carbocycles. The predicted molar refractivity (Wildman–Crippen MR) is 54.7 cm³/mol. The fourth-order valence-electron chi connectivity index (χ4n) is 2.01. The zero-order chi connectivity index (χ0) is 9.68. The van der Waals surface area contributed by atoms with Crippen LogP contribution in [-0.2, 0) is 4.79 Å². The molecule has 1 aliphatic heterocycles. The zero-order valence-corrected chi connectivity index (χ0v) is 8.46. The average Bonchev–Trinajstić information content (AvgIpc) is 2.48. The van der Waals surface area contributed by atoms with Gasteiger partial charge < -0.3 is 0 Å². The Morgan fingerprint density at radius 1 is 1.69 bits per heavy atom. The molecule has 1 rings (SSSR count). The standard InChI is InChI=1S/C11H19NO/c1-3-4-7-12-8-5-6-11(12)9-10(2)13/h3,11H,1,4-9H2,2H3. The summed E-state index contributed by atoms with van der Waals surface area (Å²) in [4.78, 5) is 13.4. The summed E-state index contributed by atoms with van der Waals surface area (Å²) in [7, 11) is 0. The van der Waals surface area contributed by atoms with E-state index < -0.39 is 0 Å². The first-order chi connectivity index (χ1) is 6.24. The highest BCUT2D eigenvalue weighted by Crippen LogP contribution is 2.20. The molecule has 1 atom stereocenters. The number of Topliss-reactive ketones (excluding diaryl/α,β-unsaturated/α-hetero) is 1. The lowest BCUT2D eigenvalue weighted by Crippen LogP contribution is -2.31. The van der Waals surface area contributed by atoms with Crippen LogP contribution in [-0.4, -0.2) is 29.8 Å². The molecule has 0 spiro atoms. The van der Waals surface area contributed by atoms with E-state index in [1.807, 2.05) is 6.08 Å². The first-order valence-electron chi connectivity index (χ1n) is 5.08. The molecule has 1 heterocycles. The maximum absolute atomic E-state index is 11.0. The van der Waals surface area contributed by atoms with Gasteiger partial charge in [-0.2, -0.15) is 0 Å². The number of nitrogens with zero attached hydrogens (tertiary/aromatic N) is 1. The average molecular weight is 181 g/mol. The van der Waals surface area contributed by atoms with Crippen LogP contribution in [0, 0.1) is 0 Å². The second-order valence-corrected chi connectivity index (χ2v) is 3.82. The van der Waals surface area contributed by atoms with Gasteiger partial charge in [0.25, 0.3) is 0 Å². The molecule has 0 saturated carbocycles. The lowest BCUT2D eigenvalue weighted by atomic mass is 10.1. The van der Waals surface area contributed by atoms with Crippen molar-refractivity contribution in [1.82, 2.24) is 4.90 Å². The van der Waals surface area contributed by atoms with Gasteiger partial charge in [-0.1, -0.05) is 6.08 Å². The van der Waals surface area contributed by atoms with E-state index in [2.05, 4.69) is 11.5 Å². The van der Waals surface area contributed by atoms with Gasteiger partial charge in [0.05, 0.1) is 0 Å². The van der Waals surface area contributed by atoms with E-state index in [0.717, 1.165) is 25.9 Å². The molecule has 0 N–H and O–H groups in total. The summed E-state index contributed by atoms with van der Waals surface area (Å²) in [6.07, 6.45) is 6.15. The summed E-state index contributed by atoms with van der Waals surface area (Å²) in [5.41, 5.74) is 0. The van der Waals surface area contributed by atoms with E-state index in [9.17, 15) is 4.79 Å². The largest absolute Gasteiger partial charge is 0.300 e. The molecule has 0 bridgehead atoms. The molecule has 1 aliphatic rings. The number of carbonyl (C=O) groups is 1. The molecule has 1 saturated heterocycles. The first kappa shape index (κ1) is 10.5. The normalized spacial score (nSPS) is 23.3. The monoisotopic (exact) mass is 181 g/mol. The Bertz CT molecular complexity index is 189. The van der Waals surface area contributed by atoms with Crippen LogP contribution in [0.1, 0.15) is 32.6 Å². The van der Waals surface area contributed by atoms with Gasteiger partial charge in [-0.15, -0.1) is 6.58 Å². The van der Waals surface area contributed by atoms with Crippen LogP contribution >= 0.6 is 0 Å². The Hall–Kier alpha value is -0.630. The molecule has 2 heteroatoms. The minimum Gasteiger partial charge on any atom is -0.300 e. The summed E-state index contributed by atoms with van der Waals surface area (Å²) in [5.74, 6) is 0.315. The smallest absolute Gasteiger partial charge is 0.131 e. The van der Waals surface area contributed by atoms with Gasteiger partial charge in [0.15, 0.2) is 0 Å². The molecule has 0 aromatic heterocycles. The number of carbonyl (C=O) groups excluding carboxylic acids is 1. The summed E-state index contributed by atoms with van der Waals surface area (Å²) in [6.45, 7) is 7.63. The number of hydrogen-bond donors (Lipinski definition) is 0. The van der Waals surface area contributed by atoms with E-state index in [1.54, 1.807) is 6.92 Å². The summed E-state index contributed by atoms with van der Waals surface area (Å²) < 4.78 is 0. The third kappa shape index (κ3) is 3.31. The summed E-state index contributed by atoms with van der Waals surface area (Å²) in [5, 5.41) is 0.